The summed E-state index contributed by atoms with van der Waals surface area (Å²) in [4.78, 5) is 20.2. The number of pyridine rings is 2. The molecule has 1 aliphatic carbocycles. The molecule has 42 heavy (non-hydrogen) atoms. The molecule has 3 aromatic heterocycles. The molecule has 227 valence electrons. The average molecular weight is 751 g/mol. The van der Waals surface area contributed by atoms with E-state index in [0.29, 0.717) is 35.2 Å². The van der Waals surface area contributed by atoms with Crippen molar-refractivity contribution < 1.29 is 41.3 Å². The number of ketones is 1. The largest absolute Gasteiger partial charge is 0.512 e. The Morgan fingerprint density at radius 2 is 1.81 bits per heavy atom. The molecule has 0 saturated heterocycles. The van der Waals surface area contributed by atoms with Gasteiger partial charge in [-0.1, -0.05) is 89.8 Å². The van der Waals surface area contributed by atoms with Crippen LogP contribution in [0.3, 0.4) is 0 Å². The van der Waals surface area contributed by atoms with Gasteiger partial charge in [-0.3, -0.25) is 4.79 Å². The molecule has 0 aliphatic heterocycles. The molecule has 5 rings (SSSR count). The number of hydrogen-bond donors (Lipinski definition) is 1. The van der Waals surface area contributed by atoms with Crippen LogP contribution in [0.25, 0.3) is 33.3 Å². The van der Waals surface area contributed by atoms with Crippen molar-refractivity contribution in [3.05, 3.63) is 71.8 Å². The van der Waals surface area contributed by atoms with Crippen LogP contribution < -0.4 is 0 Å². The monoisotopic (exact) mass is 751 g/mol. The van der Waals surface area contributed by atoms with Crippen molar-refractivity contribution in [3.8, 4) is 11.3 Å². The number of rotatable bonds is 6. The summed E-state index contributed by atoms with van der Waals surface area (Å²) in [7, 11) is 0. The van der Waals surface area contributed by atoms with Gasteiger partial charge in [-0.25, -0.2) is 4.98 Å². The zero-order chi connectivity index (χ0) is 34.1. The fraction of sp³-hybridized carbons (Fsp3) is 0.472. The molecule has 0 bridgehead atoms. The van der Waals surface area contributed by atoms with Gasteiger partial charge in [-0.05, 0) is 53.9 Å². The minimum atomic E-state index is -2.32. The summed E-state index contributed by atoms with van der Waals surface area (Å²) in [6.45, 7) is 9.82. The van der Waals surface area contributed by atoms with Crippen LogP contribution in [0.4, 0.5) is 0 Å². The summed E-state index contributed by atoms with van der Waals surface area (Å²) in [5.41, 5.74) is 2.53. The minimum absolute atomic E-state index is 0. The van der Waals surface area contributed by atoms with Gasteiger partial charge in [0, 0.05) is 63.2 Å². The molecule has 4 aromatic rings. The standard InChI is InChI=1S/C23H21N2O.C13H24O2.Ir/c1-15-9-10-19-18-7-4-8-20(22(18)26-23(19)25-15)21-14-17(11-12-24-21)13-16-5-2-3-6-16;1-12(2,3)8-10(14)7-11(15)9-13(4,5)6;/h4,7,9-12,14,16H,2-3,5-6,13H2,1H3;7,14H,8-9H2,1-6H3;/q-1;;/b;10-7-;/i1D3,13D2;;. The molecule has 1 saturated carbocycles. The van der Waals surface area contributed by atoms with Gasteiger partial charge < -0.3 is 14.5 Å². The van der Waals surface area contributed by atoms with Crippen molar-refractivity contribution in [2.75, 3.05) is 0 Å². The molecule has 1 radical (unpaired) electrons. The quantitative estimate of drug-likeness (QED) is 0.121. The number of hydrogen-bond acceptors (Lipinski definition) is 5. The van der Waals surface area contributed by atoms with E-state index in [1.54, 1.807) is 30.5 Å². The first-order valence-corrected chi connectivity index (χ1v) is 14.4. The number of benzene rings is 1. The molecular weight excluding hydrogens is 701 g/mol. The van der Waals surface area contributed by atoms with Crippen molar-refractivity contribution >= 4 is 27.9 Å². The number of carbonyl (C=O) groups excluding carboxylic acids is 1. The van der Waals surface area contributed by atoms with E-state index >= 15 is 0 Å². The first-order valence-electron chi connectivity index (χ1n) is 16.9. The van der Waals surface area contributed by atoms with Crippen molar-refractivity contribution in [1.82, 2.24) is 9.97 Å². The Morgan fingerprint density at radius 1 is 1.10 bits per heavy atom. The molecule has 1 aliphatic rings. The normalized spacial score (nSPS) is 16.9. The van der Waals surface area contributed by atoms with E-state index < -0.39 is 13.2 Å². The smallest absolute Gasteiger partial charge is 0.216 e. The third-order valence-corrected chi connectivity index (χ3v) is 6.78. The van der Waals surface area contributed by atoms with Gasteiger partial charge in [-0.15, -0.1) is 18.2 Å². The Bertz CT molecular complexity index is 1730. The van der Waals surface area contributed by atoms with E-state index in [1.165, 1.54) is 12.1 Å². The summed E-state index contributed by atoms with van der Waals surface area (Å²) in [5, 5.41) is 11.1. The Morgan fingerprint density at radius 3 is 2.48 bits per heavy atom. The van der Waals surface area contributed by atoms with Crippen LogP contribution in [0.1, 0.15) is 98.2 Å². The molecule has 0 spiro atoms. The summed E-state index contributed by atoms with van der Waals surface area (Å²) >= 11 is 0. The molecule has 0 amide bonds. The number of fused-ring (bicyclic) bond motifs is 3. The first kappa shape index (κ1) is 26.8. The van der Waals surface area contributed by atoms with Gasteiger partial charge in [0.1, 0.15) is 0 Å². The number of allylic oxidation sites excluding steroid dienone is 2. The molecule has 6 heteroatoms. The topological polar surface area (TPSA) is 76.2 Å². The Balaban J connectivity index is 0.000000322. The number of aryl methyl sites for hydroxylation is 1. The number of aliphatic hydroxyl groups excluding tert-OH is 1. The summed E-state index contributed by atoms with van der Waals surface area (Å²) in [6, 6.07) is 13.5. The third kappa shape index (κ3) is 9.61. The number of aromatic nitrogens is 2. The maximum atomic E-state index is 11.5. The Hall–Kier alpha value is -2.82. The van der Waals surface area contributed by atoms with Crippen molar-refractivity contribution in [2.45, 2.75) is 93.3 Å². The molecule has 5 nitrogen and oxygen atoms in total. The number of aliphatic hydroxyl groups is 1. The SMILES string of the molecule is CC(C)(C)CC(=O)/C=C(\O)CC(C)(C)C.[2H]C([2H])([2H])c1ccc2c(n1)oc1c(-c3cc(C([2H])([2H])C4CCCC4)ccn3)[c-]ccc12.[Ir]. The van der Waals surface area contributed by atoms with Crippen LogP contribution in [0.15, 0.2) is 58.8 Å². The second-order valence-corrected chi connectivity index (χ2v) is 13.4. The van der Waals surface area contributed by atoms with Crippen LogP contribution >= 0.6 is 0 Å². The Kier molecular flexibility index (Phi) is 8.99. The van der Waals surface area contributed by atoms with E-state index in [4.69, 9.17) is 11.3 Å². The average Bonchev–Trinajstić information content (AvgIpc) is 3.59. The summed E-state index contributed by atoms with van der Waals surface area (Å²) in [6.07, 6.45) is 6.52. The second kappa shape index (κ2) is 14.1. The zero-order valence-corrected chi connectivity index (χ0v) is 27.8. The van der Waals surface area contributed by atoms with Gasteiger partial charge in [0.25, 0.3) is 0 Å². The van der Waals surface area contributed by atoms with E-state index in [2.05, 4.69) is 16.0 Å². The molecule has 0 unspecified atom stereocenters. The van der Waals surface area contributed by atoms with Crippen LogP contribution in [0.5, 0.6) is 0 Å². The van der Waals surface area contributed by atoms with Crippen LogP contribution in [-0.4, -0.2) is 20.9 Å². The van der Waals surface area contributed by atoms with Crippen molar-refractivity contribution in [2.24, 2.45) is 16.7 Å². The summed E-state index contributed by atoms with van der Waals surface area (Å²) < 4.78 is 46.1. The van der Waals surface area contributed by atoms with Gasteiger partial charge in [0.15, 0.2) is 5.78 Å². The van der Waals surface area contributed by atoms with Gasteiger partial charge in [0.05, 0.1) is 11.3 Å². The van der Waals surface area contributed by atoms with E-state index in [-0.39, 0.29) is 59.8 Å². The maximum absolute atomic E-state index is 11.5. The van der Waals surface area contributed by atoms with Crippen molar-refractivity contribution in [1.29, 1.82) is 0 Å². The zero-order valence-electron chi connectivity index (χ0n) is 30.4. The van der Waals surface area contributed by atoms with E-state index in [9.17, 15) is 9.90 Å². The van der Waals surface area contributed by atoms with Gasteiger partial charge in [-0.2, -0.15) is 0 Å². The van der Waals surface area contributed by atoms with E-state index in [1.807, 2.05) is 47.6 Å². The van der Waals surface area contributed by atoms with Crippen molar-refractivity contribution in [3.63, 3.8) is 0 Å². The molecule has 1 aromatic carbocycles. The van der Waals surface area contributed by atoms with Crippen LogP contribution in [0, 0.1) is 29.7 Å². The third-order valence-electron chi connectivity index (χ3n) is 6.78. The molecular formula is C36H45IrN2O3-. The fourth-order valence-electron chi connectivity index (χ4n) is 5.13. The second-order valence-electron chi connectivity index (χ2n) is 13.4. The Labute approximate surface area is 271 Å². The van der Waals surface area contributed by atoms with Crippen LogP contribution in [0.2, 0.25) is 0 Å². The fourth-order valence-corrected chi connectivity index (χ4v) is 5.13. The molecule has 3 heterocycles. The number of carbonyl (C=O) groups is 1. The first-order chi connectivity index (χ1) is 21.2. The van der Waals surface area contributed by atoms with Gasteiger partial charge >= 0.3 is 0 Å². The summed E-state index contributed by atoms with van der Waals surface area (Å²) in [5.74, 6) is 0.206. The maximum Gasteiger partial charge on any atom is 0.216 e. The minimum Gasteiger partial charge on any atom is -0.512 e. The predicted octanol–water partition coefficient (Wildman–Crippen LogP) is 9.75. The molecule has 1 N–H and O–H groups in total. The number of furan rings is 1. The van der Waals surface area contributed by atoms with E-state index in [0.717, 1.165) is 36.5 Å². The molecule has 0 atom stereocenters. The predicted molar refractivity (Wildman–Crippen MR) is 168 cm³/mol. The van der Waals surface area contributed by atoms with Crippen LogP contribution in [-0.2, 0) is 31.3 Å². The van der Waals surface area contributed by atoms with Gasteiger partial charge in [0.2, 0.25) is 5.71 Å². The molecule has 1 fully saturated rings. The number of nitrogens with zero attached hydrogens (tertiary/aromatic N) is 2.